The number of nitrogens with zero attached hydrogens (tertiary/aromatic N) is 2. The smallest absolute Gasteiger partial charge is 0.0541 e. The number of aromatic nitrogens is 1. The minimum Gasteiger partial charge on any atom is -0.310 e. The van der Waals surface area contributed by atoms with Gasteiger partial charge in [0.1, 0.15) is 0 Å². The number of hydrogen-bond acceptors (Lipinski definition) is 1. The van der Waals surface area contributed by atoms with Crippen LogP contribution in [0.1, 0.15) is 49.9 Å². The van der Waals surface area contributed by atoms with Crippen molar-refractivity contribution < 1.29 is 0 Å². The summed E-state index contributed by atoms with van der Waals surface area (Å²) in [6.45, 7) is 9.40. The highest BCUT2D eigenvalue weighted by Gasteiger charge is 2.36. The van der Waals surface area contributed by atoms with Crippen molar-refractivity contribution >= 4 is 38.9 Å². The molecule has 0 aliphatic heterocycles. The van der Waals surface area contributed by atoms with Gasteiger partial charge >= 0.3 is 0 Å². The van der Waals surface area contributed by atoms with E-state index in [9.17, 15) is 0 Å². The molecule has 2 nitrogen and oxygen atoms in total. The van der Waals surface area contributed by atoms with E-state index in [1.165, 1.54) is 88.6 Å². The van der Waals surface area contributed by atoms with E-state index >= 15 is 0 Å². The summed E-state index contributed by atoms with van der Waals surface area (Å²) >= 11 is 0. The Hall–Kier alpha value is -7.42. The van der Waals surface area contributed by atoms with Gasteiger partial charge in [-0.05, 0) is 133 Å². The van der Waals surface area contributed by atoms with E-state index in [4.69, 9.17) is 0 Å². The Balaban J connectivity index is 0.915. The van der Waals surface area contributed by atoms with Crippen molar-refractivity contribution in [3.8, 4) is 50.2 Å². The zero-order valence-corrected chi connectivity index (χ0v) is 35.5. The lowest BCUT2D eigenvalue weighted by atomic mass is 9.81. The minimum absolute atomic E-state index is 0.0417. The molecule has 2 aliphatic carbocycles. The molecular formula is C60H46N2. The quantitative estimate of drug-likeness (QED) is 0.163. The third kappa shape index (κ3) is 5.43. The van der Waals surface area contributed by atoms with Gasteiger partial charge in [-0.1, -0.05) is 167 Å². The molecule has 2 aliphatic rings. The van der Waals surface area contributed by atoms with Crippen LogP contribution in [0.4, 0.5) is 17.1 Å². The van der Waals surface area contributed by atoms with Crippen LogP contribution in [0.15, 0.2) is 206 Å². The lowest BCUT2D eigenvalue weighted by Crippen LogP contribution is -2.15. The average molecular weight is 795 g/mol. The molecule has 12 rings (SSSR count). The van der Waals surface area contributed by atoms with Crippen LogP contribution >= 0.6 is 0 Å². The predicted octanol–water partition coefficient (Wildman–Crippen LogP) is 16.2. The summed E-state index contributed by atoms with van der Waals surface area (Å²) in [6, 6.07) is 76.5. The first kappa shape index (κ1) is 36.4. The third-order valence-corrected chi connectivity index (χ3v) is 14.0. The molecule has 0 radical (unpaired) electrons. The van der Waals surface area contributed by atoms with E-state index in [1.54, 1.807) is 0 Å². The van der Waals surface area contributed by atoms with Gasteiger partial charge in [-0.15, -0.1) is 0 Å². The molecule has 0 saturated carbocycles. The molecule has 62 heavy (non-hydrogen) atoms. The topological polar surface area (TPSA) is 8.17 Å². The standard InChI is InChI=1S/C60H46N2/c1-59(2)54-18-10-6-14-48(54)52-38-46(34-36-55(52)59)61(44-30-25-41(26-31-44)42-27-35-49-47-13-5-9-17-53(47)60(3,4)56(49)37-42)43-28-21-39(22-29-43)40-23-32-45(33-24-40)62-57-19-11-7-15-50(57)51-16-8-12-20-58(51)62/h5-38H,1-4H3. The van der Waals surface area contributed by atoms with E-state index < -0.39 is 0 Å². The molecular weight excluding hydrogens is 749 g/mol. The third-order valence-electron chi connectivity index (χ3n) is 14.0. The van der Waals surface area contributed by atoms with Crippen molar-refractivity contribution in [1.82, 2.24) is 4.57 Å². The number of hydrogen-bond donors (Lipinski definition) is 0. The number of benzene rings is 9. The molecule has 1 aromatic heterocycles. The van der Waals surface area contributed by atoms with Gasteiger partial charge in [0.15, 0.2) is 0 Å². The van der Waals surface area contributed by atoms with Crippen LogP contribution in [0.25, 0.3) is 72.0 Å². The summed E-state index contributed by atoms with van der Waals surface area (Å²) in [7, 11) is 0. The maximum absolute atomic E-state index is 2.41. The highest BCUT2D eigenvalue weighted by Crippen LogP contribution is 2.52. The Kier molecular flexibility index (Phi) is 7.96. The second kappa shape index (κ2) is 13.5. The highest BCUT2D eigenvalue weighted by molar-refractivity contribution is 6.09. The zero-order valence-electron chi connectivity index (χ0n) is 35.5. The molecule has 1 heterocycles. The van der Waals surface area contributed by atoms with Crippen LogP contribution in [0.5, 0.6) is 0 Å². The molecule has 0 unspecified atom stereocenters. The van der Waals surface area contributed by atoms with Gasteiger partial charge in [0, 0.05) is 44.4 Å². The number of para-hydroxylation sites is 2. The summed E-state index contributed by atoms with van der Waals surface area (Å²) in [4.78, 5) is 2.41. The molecule has 0 spiro atoms. The van der Waals surface area contributed by atoms with Gasteiger partial charge in [-0.2, -0.15) is 0 Å². The summed E-state index contributed by atoms with van der Waals surface area (Å²) in [5.41, 5.74) is 22.6. The Bertz CT molecular complexity index is 3330. The molecule has 0 fully saturated rings. The van der Waals surface area contributed by atoms with E-state index in [0.29, 0.717) is 0 Å². The number of anilines is 3. The SMILES string of the molecule is CC1(C)c2ccccc2-c2cc(N(c3ccc(-c4ccc(-n5c6ccccc6c6ccccc65)cc4)cc3)c3ccc(-c4ccc5c(c4)C(C)(C)c4ccccc4-5)cc3)ccc21. The van der Waals surface area contributed by atoms with Crippen molar-refractivity contribution in [2.45, 2.75) is 38.5 Å². The molecule has 0 saturated heterocycles. The number of fused-ring (bicyclic) bond motifs is 9. The predicted molar refractivity (Wildman–Crippen MR) is 261 cm³/mol. The maximum atomic E-state index is 2.41. The van der Waals surface area contributed by atoms with Crippen molar-refractivity contribution in [3.05, 3.63) is 229 Å². The molecule has 0 bridgehead atoms. The van der Waals surface area contributed by atoms with Crippen molar-refractivity contribution in [2.24, 2.45) is 0 Å². The van der Waals surface area contributed by atoms with Gasteiger partial charge in [-0.3, -0.25) is 0 Å². The fourth-order valence-electron chi connectivity index (χ4n) is 10.8. The zero-order chi connectivity index (χ0) is 41.7. The van der Waals surface area contributed by atoms with Crippen LogP contribution in [0.3, 0.4) is 0 Å². The normalized spacial score (nSPS) is 14.1. The second-order valence-electron chi connectivity index (χ2n) is 18.2. The average Bonchev–Trinajstić information content (AvgIpc) is 3.86. The molecule has 0 amide bonds. The highest BCUT2D eigenvalue weighted by atomic mass is 15.1. The van der Waals surface area contributed by atoms with Gasteiger partial charge in [0.2, 0.25) is 0 Å². The van der Waals surface area contributed by atoms with Gasteiger partial charge in [0.05, 0.1) is 11.0 Å². The van der Waals surface area contributed by atoms with Crippen molar-refractivity contribution in [1.29, 1.82) is 0 Å². The Morgan fingerprint density at radius 2 is 0.742 bits per heavy atom. The molecule has 2 heteroatoms. The summed E-state index contributed by atoms with van der Waals surface area (Å²) in [5.74, 6) is 0. The summed E-state index contributed by atoms with van der Waals surface area (Å²) in [5, 5.41) is 2.55. The fraction of sp³-hybridized carbons (Fsp3) is 0.100. The largest absolute Gasteiger partial charge is 0.310 e. The van der Waals surface area contributed by atoms with E-state index in [2.05, 4.69) is 243 Å². The van der Waals surface area contributed by atoms with E-state index in [-0.39, 0.29) is 10.8 Å². The Morgan fingerprint density at radius 3 is 1.34 bits per heavy atom. The first-order valence-corrected chi connectivity index (χ1v) is 21.8. The fourth-order valence-corrected chi connectivity index (χ4v) is 10.8. The number of rotatable bonds is 6. The Morgan fingerprint density at radius 1 is 0.323 bits per heavy atom. The molecule has 10 aromatic rings. The summed E-state index contributed by atoms with van der Waals surface area (Å²) in [6.07, 6.45) is 0. The van der Waals surface area contributed by atoms with Gasteiger partial charge in [-0.25, -0.2) is 0 Å². The maximum Gasteiger partial charge on any atom is 0.0541 e. The van der Waals surface area contributed by atoms with Gasteiger partial charge < -0.3 is 9.47 Å². The van der Waals surface area contributed by atoms with Crippen molar-refractivity contribution in [3.63, 3.8) is 0 Å². The van der Waals surface area contributed by atoms with Crippen LogP contribution in [0, 0.1) is 0 Å². The van der Waals surface area contributed by atoms with Crippen LogP contribution in [0.2, 0.25) is 0 Å². The van der Waals surface area contributed by atoms with E-state index in [1.807, 2.05) is 0 Å². The molecule has 296 valence electrons. The lowest BCUT2D eigenvalue weighted by Gasteiger charge is -2.27. The minimum atomic E-state index is -0.0541. The first-order chi connectivity index (χ1) is 30.3. The second-order valence-corrected chi connectivity index (χ2v) is 18.2. The van der Waals surface area contributed by atoms with E-state index in [0.717, 1.165) is 22.7 Å². The molecule has 0 N–H and O–H groups in total. The van der Waals surface area contributed by atoms with Gasteiger partial charge in [0.25, 0.3) is 0 Å². The van der Waals surface area contributed by atoms with Crippen LogP contribution < -0.4 is 4.90 Å². The molecule has 9 aromatic carbocycles. The first-order valence-electron chi connectivity index (χ1n) is 21.8. The van der Waals surface area contributed by atoms with Crippen LogP contribution in [-0.4, -0.2) is 4.57 Å². The van der Waals surface area contributed by atoms with Crippen LogP contribution in [-0.2, 0) is 10.8 Å². The monoisotopic (exact) mass is 794 g/mol. The molecule has 0 atom stereocenters. The summed E-state index contributed by atoms with van der Waals surface area (Å²) < 4.78 is 2.38. The lowest BCUT2D eigenvalue weighted by molar-refractivity contribution is 0.660. The van der Waals surface area contributed by atoms with Crippen molar-refractivity contribution in [2.75, 3.05) is 4.90 Å². The Labute approximate surface area is 364 Å².